The molecule has 0 aromatic rings. The summed E-state index contributed by atoms with van der Waals surface area (Å²) in [4.78, 5) is 11.2. The average molecular weight is 281 g/mol. The third kappa shape index (κ3) is 3.03. The number of carboxylic acid groups (broad SMARTS) is 1. The van der Waals surface area contributed by atoms with Crippen LogP contribution in [0.2, 0.25) is 0 Å². The lowest BCUT2D eigenvalue weighted by Crippen LogP contribution is -2.66. The van der Waals surface area contributed by atoms with Crippen molar-refractivity contribution in [3.05, 3.63) is 0 Å². The number of hydrogen-bond donors (Lipinski definition) is 6. The molecule has 19 heavy (non-hydrogen) atoms. The van der Waals surface area contributed by atoms with E-state index in [2.05, 4.69) is 0 Å². The van der Waals surface area contributed by atoms with E-state index in [-0.39, 0.29) is 0 Å². The Bertz CT molecular complexity index is 327. The van der Waals surface area contributed by atoms with E-state index in [0.29, 0.717) is 0 Å². The second kappa shape index (κ2) is 6.09. The second-order valence-electron chi connectivity index (χ2n) is 4.43. The summed E-state index contributed by atoms with van der Waals surface area (Å²) >= 11 is 0. The summed E-state index contributed by atoms with van der Waals surface area (Å²) in [5, 5.41) is 46.7. The topological polar surface area (TPSA) is 163 Å². The van der Waals surface area contributed by atoms with Gasteiger partial charge in [-0.05, 0) is 0 Å². The molecule has 0 bridgehead atoms. The van der Waals surface area contributed by atoms with Gasteiger partial charge in [0, 0.05) is 13.5 Å². The van der Waals surface area contributed by atoms with Crippen LogP contribution in [0.25, 0.3) is 0 Å². The van der Waals surface area contributed by atoms with Crippen molar-refractivity contribution >= 4 is 5.97 Å². The molecule has 9 heteroatoms. The Labute approximate surface area is 109 Å². The van der Waals surface area contributed by atoms with Crippen LogP contribution >= 0.6 is 0 Å². The van der Waals surface area contributed by atoms with E-state index in [9.17, 15) is 20.1 Å². The molecule has 0 amide bonds. The highest BCUT2D eigenvalue weighted by Crippen LogP contribution is 2.31. The molecule has 1 heterocycles. The number of nitrogens with two attached hydrogens (primary N) is 1. The summed E-state index contributed by atoms with van der Waals surface area (Å²) in [5.74, 6) is -3.65. The zero-order valence-corrected chi connectivity index (χ0v) is 10.3. The third-order valence-corrected chi connectivity index (χ3v) is 3.20. The van der Waals surface area contributed by atoms with Gasteiger partial charge in [-0.3, -0.25) is 0 Å². The maximum atomic E-state index is 11.2. The Morgan fingerprint density at radius 2 is 2.16 bits per heavy atom. The Morgan fingerprint density at radius 1 is 1.58 bits per heavy atom. The highest BCUT2D eigenvalue weighted by molar-refractivity contribution is 5.76. The van der Waals surface area contributed by atoms with Gasteiger partial charge in [0.2, 0.25) is 0 Å². The van der Waals surface area contributed by atoms with Crippen LogP contribution in [0.15, 0.2) is 0 Å². The number of ether oxygens (including phenoxy) is 2. The van der Waals surface area contributed by atoms with Crippen molar-refractivity contribution in [2.24, 2.45) is 5.73 Å². The zero-order chi connectivity index (χ0) is 14.8. The van der Waals surface area contributed by atoms with Crippen LogP contribution in [0.1, 0.15) is 6.42 Å². The first-order valence-corrected chi connectivity index (χ1v) is 5.66. The second-order valence-corrected chi connectivity index (χ2v) is 4.43. The number of aliphatic carboxylic acids is 1. The van der Waals surface area contributed by atoms with E-state index in [1.165, 1.54) is 0 Å². The highest BCUT2D eigenvalue weighted by atomic mass is 16.7. The van der Waals surface area contributed by atoms with Gasteiger partial charge in [0.25, 0.3) is 5.79 Å². The fraction of sp³-hybridized carbons (Fsp3) is 0.900. The molecule has 0 saturated carbocycles. The van der Waals surface area contributed by atoms with Crippen LogP contribution in [-0.4, -0.2) is 81.5 Å². The third-order valence-electron chi connectivity index (χ3n) is 3.20. The van der Waals surface area contributed by atoms with Gasteiger partial charge in [-0.25, -0.2) is 4.79 Å². The fourth-order valence-corrected chi connectivity index (χ4v) is 1.96. The summed E-state index contributed by atoms with van der Waals surface area (Å²) in [7, 11) is 1.07. The standard InChI is InChI=1S/C10H19NO8/c1-18-10(9(16)17)2-4(13)6(11)8(19-10)7(15)5(14)3-12/h4-8,12-15H,2-3,11H2,1H3,(H,16,17)/t4-,5?,6-,7-,8?,10-/m1/s1. The minimum atomic E-state index is -2.16. The Hall–Kier alpha value is -0.810. The minimum absolute atomic E-state index is 0.418. The number of methoxy groups -OCH3 is 1. The molecule has 0 spiro atoms. The lowest BCUT2D eigenvalue weighted by Gasteiger charge is -2.44. The summed E-state index contributed by atoms with van der Waals surface area (Å²) in [6, 6.07) is -1.13. The molecule has 1 aliphatic rings. The summed E-state index contributed by atoms with van der Waals surface area (Å²) < 4.78 is 9.88. The predicted molar refractivity (Wildman–Crippen MR) is 59.9 cm³/mol. The van der Waals surface area contributed by atoms with Gasteiger partial charge in [0.05, 0.1) is 18.8 Å². The smallest absolute Gasteiger partial charge is 0.364 e. The van der Waals surface area contributed by atoms with Crippen molar-refractivity contribution in [2.75, 3.05) is 13.7 Å². The van der Waals surface area contributed by atoms with Crippen LogP contribution < -0.4 is 5.73 Å². The minimum Gasteiger partial charge on any atom is -0.477 e. The van der Waals surface area contributed by atoms with Gasteiger partial charge in [-0.1, -0.05) is 0 Å². The molecule has 112 valence electrons. The van der Waals surface area contributed by atoms with Crippen molar-refractivity contribution in [1.82, 2.24) is 0 Å². The molecular weight excluding hydrogens is 262 g/mol. The molecule has 1 aliphatic heterocycles. The summed E-state index contributed by atoms with van der Waals surface area (Å²) in [6.45, 7) is -0.767. The molecule has 1 rings (SSSR count). The van der Waals surface area contributed by atoms with Gasteiger partial charge >= 0.3 is 5.97 Å². The number of carboxylic acids is 1. The molecule has 0 aromatic carbocycles. The van der Waals surface area contributed by atoms with Gasteiger partial charge in [0.1, 0.15) is 18.3 Å². The SMILES string of the molecule is CO[C@]1(C(=O)O)C[C@@H](O)[C@@H](N)C([C@H](O)C(O)CO)O1. The highest BCUT2D eigenvalue weighted by Gasteiger charge is 2.53. The van der Waals surface area contributed by atoms with E-state index in [1.54, 1.807) is 0 Å². The lowest BCUT2D eigenvalue weighted by atomic mass is 9.89. The molecule has 6 atom stereocenters. The van der Waals surface area contributed by atoms with E-state index in [1.807, 2.05) is 0 Å². The quantitative estimate of drug-likeness (QED) is 0.301. The number of hydrogen-bond acceptors (Lipinski definition) is 8. The molecule has 1 fully saturated rings. The fourth-order valence-electron chi connectivity index (χ4n) is 1.96. The predicted octanol–water partition coefficient (Wildman–Crippen LogP) is -3.40. The number of aliphatic hydroxyl groups excluding tert-OH is 4. The van der Waals surface area contributed by atoms with Gasteiger partial charge in [-0.2, -0.15) is 0 Å². The number of aliphatic hydroxyl groups is 4. The van der Waals surface area contributed by atoms with E-state index in [0.717, 1.165) is 7.11 Å². The summed E-state index contributed by atoms with van der Waals surface area (Å²) in [6.07, 6.45) is -6.37. The zero-order valence-electron chi connectivity index (χ0n) is 10.3. The normalized spacial score (nSPS) is 38.7. The lowest BCUT2D eigenvalue weighted by molar-refractivity contribution is -0.301. The molecule has 9 nitrogen and oxygen atoms in total. The molecular formula is C10H19NO8. The molecule has 1 saturated heterocycles. The Kier molecular flexibility index (Phi) is 5.21. The van der Waals surface area contributed by atoms with Crippen molar-refractivity contribution in [2.45, 2.75) is 42.7 Å². The van der Waals surface area contributed by atoms with Crippen LogP contribution in [0.4, 0.5) is 0 Å². The Balaban J connectivity index is 2.99. The average Bonchev–Trinajstić information content (AvgIpc) is 2.39. The van der Waals surface area contributed by atoms with Crippen LogP contribution in [0.5, 0.6) is 0 Å². The maximum absolute atomic E-state index is 11.2. The monoisotopic (exact) mass is 281 g/mol. The van der Waals surface area contributed by atoms with Gasteiger partial charge < -0.3 is 40.7 Å². The first kappa shape index (κ1) is 16.2. The van der Waals surface area contributed by atoms with Crippen molar-refractivity contribution < 1.29 is 39.8 Å². The van der Waals surface area contributed by atoms with E-state index in [4.69, 9.17) is 25.4 Å². The first-order chi connectivity index (χ1) is 8.79. The van der Waals surface area contributed by atoms with E-state index >= 15 is 0 Å². The van der Waals surface area contributed by atoms with Gasteiger partial charge in [-0.15, -0.1) is 0 Å². The summed E-state index contributed by atoms with van der Waals surface area (Å²) in [5.41, 5.74) is 5.62. The number of carbonyl (C=O) groups is 1. The van der Waals surface area contributed by atoms with Crippen molar-refractivity contribution in [3.63, 3.8) is 0 Å². The van der Waals surface area contributed by atoms with Crippen molar-refractivity contribution in [1.29, 1.82) is 0 Å². The van der Waals surface area contributed by atoms with Crippen molar-refractivity contribution in [3.8, 4) is 0 Å². The Morgan fingerprint density at radius 3 is 2.58 bits per heavy atom. The van der Waals surface area contributed by atoms with Crippen LogP contribution in [-0.2, 0) is 14.3 Å². The number of rotatable bonds is 5. The first-order valence-electron chi connectivity index (χ1n) is 5.66. The van der Waals surface area contributed by atoms with Crippen LogP contribution in [0, 0.1) is 0 Å². The molecule has 0 aliphatic carbocycles. The molecule has 7 N–H and O–H groups in total. The molecule has 0 radical (unpaired) electrons. The maximum Gasteiger partial charge on any atom is 0.364 e. The van der Waals surface area contributed by atoms with Gasteiger partial charge in [0.15, 0.2) is 0 Å². The largest absolute Gasteiger partial charge is 0.477 e. The molecule has 2 unspecified atom stereocenters. The molecule has 0 aromatic heterocycles. The van der Waals surface area contributed by atoms with E-state index < -0.39 is 55.2 Å². The van der Waals surface area contributed by atoms with Crippen LogP contribution in [0.3, 0.4) is 0 Å².